The first-order chi connectivity index (χ1) is 15.6. The maximum Gasteiger partial charge on any atom is 0.357 e. The fraction of sp³-hybridized carbons (Fsp3) is 0.250. The molecule has 1 heterocycles. The number of carbonyl (C=O) groups excluding carboxylic acids is 3. The Morgan fingerprint density at radius 1 is 0.909 bits per heavy atom. The van der Waals surface area contributed by atoms with Crippen molar-refractivity contribution in [3.63, 3.8) is 0 Å². The normalized spacial score (nSPS) is 11.1. The highest BCUT2D eigenvalue weighted by atomic mass is 19.1. The Morgan fingerprint density at radius 3 is 2.09 bits per heavy atom. The molecule has 0 N–H and O–H groups in total. The van der Waals surface area contributed by atoms with Crippen LogP contribution in [0.25, 0.3) is 16.9 Å². The zero-order chi connectivity index (χ0) is 24.3. The third-order valence-electron chi connectivity index (χ3n) is 4.51. The highest BCUT2D eigenvalue weighted by Gasteiger charge is 2.32. The molecule has 0 saturated heterocycles. The van der Waals surface area contributed by atoms with E-state index in [2.05, 4.69) is 5.10 Å². The van der Waals surface area contributed by atoms with Crippen molar-refractivity contribution in [1.82, 2.24) is 9.78 Å². The molecule has 8 nitrogen and oxygen atoms in total. The van der Waals surface area contributed by atoms with E-state index in [4.69, 9.17) is 14.2 Å². The average molecular weight is 454 g/mol. The minimum Gasteiger partial charge on any atom is -0.465 e. The van der Waals surface area contributed by atoms with E-state index in [1.165, 1.54) is 16.8 Å². The molecule has 3 rings (SSSR count). The molecule has 172 valence electrons. The molecular weight excluding hydrogens is 431 g/mol. The fourth-order valence-electron chi connectivity index (χ4n) is 3.11. The number of carbonyl (C=O) groups is 3. The highest BCUT2D eigenvalue weighted by Crippen LogP contribution is 2.31. The molecular formula is C24H23FN2O6. The molecule has 0 atom stereocenters. The molecule has 1 aromatic heterocycles. The summed E-state index contributed by atoms with van der Waals surface area (Å²) in [5.41, 5.74) is -1.06. The van der Waals surface area contributed by atoms with Crippen LogP contribution in [0.1, 0.15) is 52.0 Å². The van der Waals surface area contributed by atoms with Gasteiger partial charge in [0.25, 0.3) is 0 Å². The first-order valence-electron chi connectivity index (χ1n) is 9.95. The number of ether oxygens (including phenoxy) is 3. The van der Waals surface area contributed by atoms with Crippen LogP contribution in [0.2, 0.25) is 0 Å². The van der Waals surface area contributed by atoms with Crippen LogP contribution in [0, 0.1) is 5.82 Å². The minimum atomic E-state index is -0.900. The first kappa shape index (κ1) is 23.6. The van der Waals surface area contributed by atoms with Crippen LogP contribution in [0.4, 0.5) is 4.39 Å². The second kappa shape index (κ2) is 9.23. The molecule has 0 radical (unpaired) electrons. The Labute approximate surface area is 189 Å². The van der Waals surface area contributed by atoms with Gasteiger partial charge in [0, 0.05) is 5.56 Å². The summed E-state index contributed by atoms with van der Waals surface area (Å²) in [5.74, 6) is -3.30. The Balaban J connectivity index is 2.22. The molecule has 0 fully saturated rings. The summed E-state index contributed by atoms with van der Waals surface area (Å²) in [4.78, 5) is 37.6. The number of esters is 3. The number of methoxy groups -OCH3 is 2. The van der Waals surface area contributed by atoms with Crippen LogP contribution in [0.3, 0.4) is 0 Å². The number of hydrogen-bond acceptors (Lipinski definition) is 7. The lowest BCUT2D eigenvalue weighted by atomic mass is 10.0. The van der Waals surface area contributed by atoms with E-state index in [1.54, 1.807) is 51.1 Å². The van der Waals surface area contributed by atoms with Crippen molar-refractivity contribution in [2.45, 2.75) is 26.4 Å². The number of hydrogen-bond donors (Lipinski definition) is 0. The molecule has 0 aliphatic rings. The lowest BCUT2D eigenvalue weighted by molar-refractivity contribution is 0.00686. The number of benzene rings is 2. The summed E-state index contributed by atoms with van der Waals surface area (Å²) in [6.07, 6.45) is 0. The Kier molecular flexibility index (Phi) is 6.62. The van der Waals surface area contributed by atoms with Gasteiger partial charge >= 0.3 is 17.9 Å². The van der Waals surface area contributed by atoms with Gasteiger partial charge in [-0.05, 0) is 51.1 Å². The topological polar surface area (TPSA) is 96.7 Å². The van der Waals surface area contributed by atoms with E-state index in [1.807, 2.05) is 0 Å². The molecule has 0 saturated carbocycles. The van der Waals surface area contributed by atoms with Crippen molar-refractivity contribution in [3.8, 4) is 16.9 Å². The second-order valence-electron chi connectivity index (χ2n) is 8.00. The standard InChI is InChI=1S/C24H23FN2O6/c1-24(2,3)33-21(28)14-11-12-16(17(25)13-14)19-18(22(29)31-4)20(23(30)32-5)27(26-19)15-9-7-6-8-10-15/h6-13H,1-5H3. The molecule has 0 amide bonds. The van der Waals surface area contributed by atoms with Gasteiger partial charge in [0.05, 0.1) is 25.5 Å². The summed E-state index contributed by atoms with van der Waals surface area (Å²) in [6.45, 7) is 5.09. The molecule has 2 aromatic carbocycles. The van der Waals surface area contributed by atoms with Crippen molar-refractivity contribution in [1.29, 1.82) is 0 Å². The molecule has 0 unspecified atom stereocenters. The van der Waals surface area contributed by atoms with Gasteiger partial charge in [-0.1, -0.05) is 18.2 Å². The van der Waals surface area contributed by atoms with Gasteiger partial charge in [-0.2, -0.15) is 5.10 Å². The number of rotatable bonds is 5. The summed E-state index contributed by atoms with van der Waals surface area (Å²) >= 11 is 0. The van der Waals surface area contributed by atoms with E-state index in [-0.39, 0.29) is 28.1 Å². The third kappa shape index (κ3) is 4.92. The molecule has 0 aliphatic heterocycles. The predicted octanol–water partition coefficient (Wildman–Crippen LogP) is 4.21. The quantitative estimate of drug-likeness (QED) is 0.421. The van der Waals surface area contributed by atoms with Gasteiger partial charge < -0.3 is 14.2 Å². The SMILES string of the molecule is COC(=O)c1c(-c2ccc(C(=O)OC(C)(C)C)cc2F)nn(-c2ccccc2)c1C(=O)OC. The van der Waals surface area contributed by atoms with E-state index in [0.29, 0.717) is 5.69 Å². The van der Waals surface area contributed by atoms with Gasteiger partial charge in [-0.3, -0.25) is 0 Å². The van der Waals surface area contributed by atoms with E-state index in [0.717, 1.165) is 20.3 Å². The van der Waals surface area contributed by atoms with Crippen molar-refractivity contribution in [2.75, 3.05) is 14.2 Å². The first-order valence-corrected chi connectivity index (χ1v) is 9.95. The molecule has 0 bridgehead atoms. The summed E-state index contributed by atoms with van der Waals surface area (Å²) in [5, 5.41) is 4.34. The summed E-state index contributed by atoms with van der Waals surface area (Å²) in [7, 11) is 2.29. The predicted molar refractivity (Wildman–Crippen MR) is 117 cm³/mol. The maximum atomic E-state index is 15.2. The number of halogens is 1. The smallest absolute Gasteiger partial charge is 0.357 e. The Bertz CT molecular complexity index is 1210. The van der Waals surface area contributed by atoms with Gasteiger partial charge in [-0.25, -0.2) is 23.5 Å². The zero-order valence-electron chi connectivity index (χ0n) is 18.8. The molecule has 0 spiro atoms. The number of aromatic nitrogens is 2. The highest BCUT2D eigenvalue weighted by molar-refractivity contribution is 6.07. The van der Waals surface area contributed by atoms with Gasteiger partial charge in [0.15, 0.2) is 5.69 Å². The lowest BCUT2D eigenvalue weighted by Gasteiger charge is -2.19. The van der Waals surface area contributed by atoms with E-state index in [9.17, 15) is 14.4 Å². The van der Waals surface area contributed by atoms with E-state index < -0.39 is 29.3 Å². The van der Waals surface area contributed by atoms with Crippen molar-refractivity contribution >= 4 is 17.9 Å². The maximum absolute atomic E-state index is 15.2. The van der Waals surface area contributed by atoms with Crippen molar-refractivity contribution in [2.24, 2.45) is 0 Å². The summed E-state index contributed by atoms with van der Waals surface area (Å²) in [6, 6.07) is 12.1. The van der Waals surface area contributed by atoms with Gasteiger partial charge in [0.1, 0.15) is 22.7 Å². The van der Waals surface area contributed by atoms with Crippen LogP contribution < -0.4 is 0 Å². The third-order valence-corrected chi connectivity index (χ3v) is 4.51. The summed E-state index contributed by atoms with van der Waals surface area (Å²) < 4.78 is 31.3. The molecule has 33 heavy (non-hydrogen) atoms. The van der Waals surface area contributed by atoms with E-state index >= 15 is 4.39 Å². The monoisotopic (exact) mass is 454 g/mol. The van der Waals surface area contributed by atoms with Crippen LogP contribution in [0.15, 0.2) is 48.5 Å². The molecule has 0 aliphatic carbocycles. The molecule has 3 aromatic rings. The van der Waals surface area contributed by atoms with Crippen LogP contribution >= 0.6 is 0 Å². The Morgan fingerprint density at radius 2 is 1.55 bits per heavy atom. The Hall–Kier alpha value is -4.01. The zero-order valence-corrected chi connectivity index (χ0v) is 18.8. The van der Waals surface area contributed by atoms with Gasteiger partial charge in [0.2, 0.25) is 0 Å². The molecule has 9 heteroatoms. The second-order valence-corrected chi connectivity index (χ2v) is 8.00. The van der Waals surface area contributed by atoms with Crippen molar-refractivity contribution in [3.05, 3.63) is 71.2 Å². The average Bonchev–Trinajstić information content (AvgIpc) is 3.17. The lowest BCUT2D eigenvalue weighted by Crippen LogP contribution is -2.24. The number of para-hydroxylation sites is 1. The van der Waals surface area contributed by atoms with Crippen LogP contribution in [0.5, 0.6) is 0 Å². The van der Waals surface area contributed by atoms with Crippen LogP contribution in [-0.2, 0) is 14.2 Å². The fourth-order valence-corrected chi connectivity index (χ4v) is 3.11. The largest absolute Gasteiger partial charge is 0.465 e. The minimum absolute atomic E-state index is 0.0125. The number of nitrogens with zero attached hydrogens (tertiary/aromatic N) is 2. The van der Waals surface area contributed by atoms with Crippen LogP contribution in [-0.4, -0.2) is 47.5 Å². The van der Waals surface area contributed by atoms with Gasteiger partial charge in [-0.15, -0.1) is 0 Å². The van der Waals surface area contributed by atoms with Crippen molar-refractivity contribution < 1.29 is 33.0 Å².